The van der Waals surface area contributed by atoms with Crippen LogP contribution in [0, 0.1) is 6.92 Å². The Bertz CT molecular complexity index is 784. The van der Waals surface area contributed by atoms with Gasteiger partial charge in [0, 0.05) is 42.8 Å². The third-order valence-electron chi connectivity index (χ3n) is 5.57. The fourth-order valence-electron chi connectivity index (χ4n) is 3.93. The van der Waals surface area contributed by atoms with E-state index in [1.54, 1.807) is 7.11 Å². The first kappa shape index (κ1) is 18.7. The summed E-state index contributed by atoms with van der Waals surface area (Å²) in [4.78, 5) is 15.1. The molecule has 2 heterocycles. The molecule has 0 unspecified atom stereocenters. The molecule has 1 atom stereocenters. The molecule has 2 N–H and O–H groups in total. The highest BCUT2D eigenvalue weighted by Gasteiger charge is 2.22. The Morgan fingerprint density at radius 1 is 1.38 bits per heavy atom. The maximum atomic E-state index is 12.9. The molecule has 1 aliphatic rings. The first-order valence-corrected chi connectivity index (χ1v) is 9.33. The van der Waals surface area contributed by atoms with Gasteiger partial charge in [-0.1, -0.05) is 6.42 Å². The molecule has 1 amide bonds. The van der Waals surface area contributed by atoms with Crippen LogP contribution in [0.25, 0.3) is 10.9 Å². The number of aryl methyl sites for hydroxylation is 1. The topological polar surface area (TPSA) is 66.7 Å². The normalized spacial score (nSPS) is 18.2. The summed E-state index contributed by atoms with van der Waals surface area (Å²) in [7, 11) is 3.60. The third kappa shape index (κ3) is 3.57. The van der Waals surface area contributed by atoms with Crippen LogP contribution in [0.2, 0.25) is 0 Å². The quantitative estimate of drug-likeness (QED) is 0.829. The summed E-state index contributed by atoms with van der Waals surface area (Å²) in [6.07, 6.45) is 3.37. The van der Waals surface area contributed by atoms with Crippen LogP contribution in [-0.2, 0) is 7.05 Å². The van der Waals surface area contributed by atoms with Crippen molar-refractivity contribution in [3.05, 3.63) is 29.5 Å². The van der Waals surface area contributed by atoms with E-state index in [-0.39, 0.29) is 18.6 Å². The van der Waals surface area contributed by atoms with Gasteiger partial charge in [-0.05, 0) is 44.5 Å². The van der Waals surface area contributed by atoms with Gasteiger partial charge in [-0.2, -0.15) is 0 Å². The lowest BCUT2D eigenvalue weighted by molar-refractivity contribution is 0.0849. The van der Waals surface area contributed by atoms with Crippen LogP contribution < -0.4 is 10.1 Å². The Kier molecular flexibility index (Phi) is 5.84. The number of aromatic nitrogens is 1. The number of hydrogen-bond acceptors (Lipinski definition) is 4. The van der Waals surface area contributed by atoms with Crippen molar-refractivity contribution in [3.8, 4) is 5.75 Å². The van der Waals surface area contributed by atoms with Gasteiger partial charge in [0.25, 0.3) is 5.91 Å². The summed E-state index contributed by atoms with van der Waals surface area (Å²) in [6, 6.07) is 6.04. The smallest absolute Gasteiger partial charge is 0.253 e. The molecule has 1 aromatic carbocycles. The zero-order chi connectivity index (χ0) is 18.7. The molecule has 26 heavy (non-hydrogen) atoms. The predicted molar refractivity (Wildman–Crippen MR) is 103 cm³/mol. The van der Waals surface area contributed by atoms with E-state index in [2.05, 4.69) is 10.2 Å². The van der Waals surface area contributed by atoms with Crippen LogP contribution in [0.3, 0.4) is 0 Å². The Balaban J connectivity index is 1.72. The molecule has 1 aliphatic heterocycles. The molecule has 2 aromatic rings. The molecule has 1 fully saturated rings. The number of nitrogens with zero attached hydrogens (tertiary/aromatic N) is 2. The summed E-state index contributed by atoms with van der Waals surface area (Å²) in [6.45, 7) is 4.49. The molecular formula is C20H29N3O3. The number of piperidine rings is 1. The van der Waals surface area contributed by atoms with Crippen LogP contribution in [0.15, 0.2) is 18.2 Å². The van der Waals surface area contributed by atoms with Gasteiger partial charge in [0.1, 0.15) is 5.75 Å². The monoisotopic (exact) mass is 359 g/mol. The van der Waals surface area contributed by atoms with Gasteiger partial charge in [-0.15, -0.1) is 0 Å². The number of likely N-dealkylation sites (tertiary alicyclic amines) is 1. The van der Waals surface area contributed by atoms with Crippen molar-refractivity contribution < 1.29 is 14.6 Å². The first-order chi connectivity index (χ1) is 12.6. The summed E-state index contributed by atoms with van der Waals surface area (Å²) < 4.78 is 7.36. The molecule has 142 valence electrons. The van der Waals surface area contributed by atoms with Crippen molar-refractivity contribution in [1.29, 1.82) is 0 Å². The van der Waals surface area contributed by atoms with Crippen LogP contribution in [0.1, 0.15) is 35.3 Å². The van der Waals surface area contributed by atoms with Crippen LogP contribution in [0.5, 0.6) is 5.75 Å². The summed E-state index contributed by atoms with van der Waals surface area (Å²) >= 11 is 0. The van der Waals surface area contributed by atoms with E-state index in [0.29, 0.717) is 12.1 Å². The van der Waals surface area contributed by atoms with E-state index < -0.39 is 0 Å². The first-order valence-electron chi connectivity index (χ1n) is 9.33. The molecule has 0 radical (unpaired) electrons. The van der Waals surface area contributed by atoms with E-state index in [1.165, 1.54) is 6.42 Å². The lowest BCUT2D eigenvalue weighted by Crippen LogP contribution is -2.45. The molecule has 0 bridgehead atoms. The number of ether oxygens (including phenoxy) is 1. The van der Waals surface area contributed by atoms with E-state index in [1.807, 2.05) is 36.7 Å². The number of carbonyl (C=O) groups is 1. The maximum Gasteiger partial charge on any atom is 0.253 e. The van der Waals surface area contributed by atoms with Crippen molar-refractivity contribution in [2.24, 2.45) is 7.05 Å². The molecule has 6 nitrogen and oxygen atoms in total. The lowest BCUT2D eigenvalue weighted by atomic mass is 10.0. The molecule has 6 heteroatoms. The number of benzene rings is 1. The van der Waals surface area contributed by atoms with Gasteiger partial charge in [0.15, 0.2) is 0 Å². The molecule has 3 rings (SSSR count). The molecule has 0 saturated carbocycles. The number of nitrogens with one attached hydrogen (secondary N) is 1. The van der Waals surface area contributed by atoms with Gasteiger partial charge in [0.2, 0.25) is 0 Å². The number of carbonyl (C=O) groups excluding carboxylic acids is 1. The van der Waals surface area contributed by atoms with Crippen molar-refractivity contribution >= 4 is 16.8 Å². The minimum atomic E-state index is -0.0566. The number of amides is 1. The lowest BCUT2D eigenvalue weighted by Gasteiger charge is -2.34. The predicted octanol–water partition coefficient (Wildman–Crippen LogP) is 2.07. The van der Waals surface area contributed by atoms with Gasteiger partial charge < -0.3 is 19.7 Å². The Morgan fingerprint density at radius 3 is 2.92 bits per heavy atom. The SMILES string of the molecule is COc1ccc2c(c1)c(C(=O)NCCN1CCCC[C@H]1CO)c(C)n2C. The average Bonchev–Trinajstić information content (AvgIpc) is 2.92. The largest absolute Gasteiger partial charge is 0.497 e. The molecule has 0 spiro atoms. The maximum absolute atomic E-state index is 12.9. The summed E-state index contributed by atoms with van der Waals surface area (Å²) in [5, 5.41) is 13.5. The Hall–Kier alpha value is -2.05. The van der Waals surface area contributed by atoms with E-state index >= 15 is 0 Å². The number of aliphatic hydroxyl groups is 1. The summed E-state index contributed by atoms with van der Waals surface area (Å²) in [5.41, 5.74) is 2.67. The minimum absolute atomic E-state index is 0.0566. The van der Waals surface area contributed by atoms with Crippen LogP contribution in [-0.4, -0.2) is 59.9 Å². The highest BCUT2D eigenvalue weighted by atomic mass is 16.5. The average molecular weight is 359 g/mol. The zero-order valence-corrected chi connectivity index (χ0v) is 15.9. The highest BCUT2D eigenvalue weighted by molar-refractivity contribution is 6.08. The minimum Gasteiger partial charge on any atom is -0.497 e. The van der Waals surface area contributed by atoms with Crippen molar-refractivity contribution in [2.45, 2.75) is 32.2 Å². The second-order valence-corrected chi connectivity index (χ2v) is 7.03. The molecule has 0 aliphatic carbocycles. The second-order valence-electron chi connectivity index (χ2n) is 7.03. The molecule has 1 saturated heterocycles. The molecule has 1 aromatic heterocycles. The van der Waals surface area contributed by atoms with E-state index in [4.69, 9.17) is 4.74 Å². The Labute approximate surface area is 154 Å². The fraction of sp³-hybridized carbons (Fsp3) is 0.550. The third-order valence-corrected chi connectivity index (χ3v) is 5.57. The van der Waals surface area contributed by atoms with Crippen molar-refractivity contribution in [1.82, 2.24) is 14.8 Å². The fourth-order valence-corrected chi connectivity index (χ4v) is 3.93. The highest BCUT2D eigenvalue weighted by Crippen LogP contribution is 2.28. The standard InChI is InChI=1S/C20H29N3O3/c1-14-19(17-12-16(26-3)7-8-18(17)22(14)2)20(25)21-9-11-23-10-5-4-6-15(23)13-24/h7-8,12,15,24H,4-6,9-11,13H2,1-3H3,(H,21,25)/t15-/m0/s1. The zero-order valence-electron chi connectivity index (χ0n) is 15.9. The Morgan fingerprint density at radius 2 is 2.19 bits per heavy atom. The van der Waals surface area contributed by atoms with Gasteiger partial charge in [-0.25, -0.2) is 0 Å². The van der Waals surface area contributed by atoms with Crippen LogP contribution in [0.4, 0.5) is 0 Å². The summed E-state index contributed by atoms with van der Waals surface area (Å²) in [5.74, 6) is 0.690. The van der Waals surface area contributed by atoms with E-state index in [0.717, 1.165) is 48.3 Å². The van der Waals surface area contributed by atoms with Crippen molar-refractivity contribution in [3.63, 3.8) is 0 Å². The molecular weight excluding hydrogens is 330 g/mol. The van der Waals surface area contributed by atoms with Gasteiger partial charge >= 0.3 is 0 Å². The van der Waals surface area contributed by atoms with Gasteiger partial charge in [-0.3, -0.25) is 9.69 Å². The number of fused-ring (bicyclic) bond motifs is 1. The van der Waals surface area contributed by atoms with E-state index in [9.17, 15) is 9.90 Å². The number of aliphatic hydroxyl groups excluding tert-OH is 1. The van der Waals surface area contributed by atoms with Crippen LogP contribution >= 0.6 is 0 Å². The van der Waals surface area contributed by atoms with Gasteiger partial charge in [0.05, 0.1) is 19.3 Å². The number of hydrogen-bond donors (Lipinski definition) is 2. The van der Waals surface area contributed by atoms with Crippen molar-refractivity contribution in [2.75, 3.05) is 33.4 Å². The second kappa shape index (κ2) is 8.10. The number of methoxy groups -OCH3 is 1. The number of rotatable bonds is 6.